The Kier molecular flexibility index (Phi) is 5.62. The number of carbonyl (C=O) groups excluding carboxylic acids is 2. The minimum absolute atomic E-state index is 0.107. The van der Waals surface area contributed by atoms with Crippen LogP contribution in [-0.4, -0.2) is 33.0 Å². The van der Waals surface area contributed by atoms with Gasteiger partial charge in [0.05, 0.1) is 0 Å². The van der Waals surface area contributed by atoms with Crippen molar-refractivity contribution in [3.63, 3.8) is 0 Å². The summed E-state index contributed by atoms with van der Waals surface area (Å²) < 4.78 is 1.64. The number of carbonyl (C=O) groups is 2. The van der Waals surface area contributed by atoms with E-state index in [0.29, 0.717) is 36.9 Å². The molecule has 0 atom stereocenters. The molecule has 4 rings (SSSR count). The minimum atomic E-state index is -0.326. The van der Waals surface area contributed by atoms with E-state index in [9.17, 15) is 9.59 Å². The van der Waals surface area contributed by atoms with Crippen LogP contribution in [0.15, 0.2) is 60.7 Å². The number of amides is 2. The van der Waals surface area contributed by atoms with Gasteiger partial charge in [0.25, 0.3) is 11.8 Å². The molecule has 0 saturated heterocycles. The van der Waals surface area contributed by atoms with Crippen LogP contribution >= 0.6 is 11.6 Å². The van der Waals surface area contributed by atoms with Crippen LogP contribution in [0.4, 0.5) is 0 Å². The number of halogens is 1. The van der Waals surface area contributed by atoms with Crippen molar-refractivity contribution in [2.24, 2.45) is 0 Å². The molecule has 1 aliphatic rings. The van der Waals surface area contributed by atoms with E-state index in [1.165, 1.54) is 0 Å². The van der Waals surface area contributed by atoms with Gasteiger partial charge in [-0.05, 0) is 23.6 Å². The predicted molar refractivity (Wildman–Crippen MR) is 111 cm³/mol. The third-order valence-electron chi connectivity index (χ3n) is 4.93. The number of fused-ring (bicyclic) bond motifs is 1. The van der Waals surface area contributed by atoms with Gasteiger partial charge in [-0.2, -0.15) is 5.10 Å². The van der Waals surface area contributed by atoms with Gasteiger partial charge in [0.1, 0.15) is 5.69 Å². The maximum Gasteiger partial charge on any atom is 0.272 e. The fourth-order valence-electron chi connectivity index (χ4n) is 3.41. The zero-order valence-electron chi connectivity index (χ0n) is 15.8. The summed E-state index contributed by atoms with van der Waals surface area (Å²) >= 11 is 6.13. The van der Waals surface area contributed by atoms with Gasteiger partial charge in [0.2, 0.25) is 0 Å². The summed E-state index contributed by atoms with van der Waals surface area (Å²) in [6, 6.07) is 18.8. The van der Waals surface area contributed by atoms with Gasteiger partial charge >= 0.3 is 0 Å². The molecule has 0 spiro atoms. The normalized spacial score (nSPS) is 13.7. The van der Waals surface area contributed by atoms with Crippen molar-refractivity contribution in [2.45, 2.75) is 26.1 Å². The van der Waals surface area contributed by atoms with E-state index >= 15 is 0 Å². The molecule has 2 aromatic carbocycles. The van der Waals surface area contributed by atoms with Gasteiger partial charge in [0.15, 0.2) is 5.69 Å². The van der Waals surface area contributed by atoms with Crippen molar-refractivity contribution in [2.75, 3.05) is 6.54 Å². The van der Waals surface area contributed by atoms with Crippen molar-refractivity contribution < 1.29 is 9.59 Å². The molecule has 1 aliphatic heterocycles. The zero-order valence-corrected chi connectivity index (χ0v) is 16.6. The fourth-order valence-corrected chi connectivity index (χ4v) is 3.61. The molecule has 7 heteroatoms. The Morgan fingerprint density at radius 3 is 2.62 bits per heavy atom. The molecule has 0 unspecified atom stereocenters. The van der Waals surface area contributed by atoms with Crippen LogP contribution in [0, 0.1) is 0 Å². The van der Waals surface area contributed by atoms with Crippen molar-refractivity contribution in [3.05, 3.63) is 88.2 Å². The summed E-state index contributed by atoms with van der Waals surface area (Å²) in [5.74, 6) is -0.433. The summed E-state index contributed by atoms with van der Waals surface area (Å²) in [7, 11) is 0. The van der Waals surface area contributed by atoms with Gasteiger partial charge < -0.3 is 10.2 Å². The molecule has 2 amide bonds. The van der Waals surface area contributed by atoms with Crippen LogP contribution in [0.3, 0.4) is 0 Å². The Morgan fingerprint density at radius 2 is 1.83 bits per heavy atom. The Balaban J connectivity index is 1.48. The van der Waals surface area contributed by atoms with E-state index in [4.69, 9.17) is 11.6 Å². The predicted octanol–water partition coefficient (Wildman–Crippen LogP) is 3.51. The van der Waals surface area contributed by atoms with Crippen LogP contribution in [0.25, 0.3) is 0 Å². The smallest absolute Gasteiger partial charge is 0.272 e. The second-order valence-electron chi connectivity index (χ2n) is 6.98. The third-order valence-corrected chi connectivity index (χ3v) is 5.30. The largest absolute Gasteiger partial charge is 0.347 e. The number of benzene rings is 2. The van der Waals surface area contributed by atoms with Crippen molar-refractivity contribution >= 4 is 23.4 Å². The van der Waals surface area contributed by atoms with Crippen molar-refractivity contribution in [3.8, 4) is 0 Å². The van der Waals surface area contributed by atoms with Crippen molar-refractivity contribution in [1.82, 2.24) is 20.0 Å². The summed E-state index contributed by atoms with van der Waals surface area (Å²) in [4.78, 5) is 27.4. The van der Waals surface area contributed by atoms with E-state index in [1.54, 1.807) is 21.7 Å². The molecule has 148 valence electrons. The van der Waals surface area contributed by atoms with Crippen LogP contribution in [0.2, 0.25) is 5.02 Å². The lowest BCUT2D eigenvalue weighted by atomic mass is 10.2. The van der Waals surface area contributed by atoms with Gasteiger partial charge in [-0.3, -0.25) is 14.3 Å². The summed E-state index contributed by atoms with van der Waals surface area (Å²) in [6.07, 6.45) is 0.786. The van der Waals surface area contributed by atoms with Gasteiger partial charge in [-0.1, -0.05) is 60.1 Å². The first-order valence-electron chi connectivity index (χ1n) is 9.54. The van der Waals surface area contributed by atoms with Crippen LogP contribution < -0.4 is 5.32 Å². The molecule has 6 nitrogen and oxygen atoms in total. The van der Waals surface area contributed by atoms with Crippen LogP contribution in [-0.2, 0) is 19.6 Å². The molecule has 0 aliphatic carbocycles. The summed E-state index contributed by atoms with van der Waals surface area (Å²) in [5.41, 5.74) is 2.59. The summed E-state index contributed by atoms with van der Waals surface area (Å²) in [5, 5.41) is 7.78. The molecule has 0 saturated carbocycles. The first-order valence-corrected chi connectivity index (χ1v) is 9.92. The average Bonchev–Trinajstić information content (AvgIpc) is 3.11. The highest BCUT2D eigenvalue weighted by molar-refractivity contribution is 6.31. The molecule has 0 radical (unpaired) electrons. The topological polar surface area (TPSA) is 67.2 Å². The highest BCUT2D eigenvalue weighted by Crippen LogP contribution is 2.18. The first kappa shape index (κ1) is 19.2. The zero-order chi connectivity index (χ0) is 20.2. The molecule has 2 heterocycles. The fraction of sp³-hybridized carbons (Fsp3) is 0.227. The van der Waals surface area contributed by atoms with Crippen LogP contribution in [0.1, 0.15) is 38.5 Å². The SMILES string of the molecule is O=C(NCc1ccccc1Cl)c1cc2n(n1)CCCN(Cc1ccccc1)C2=O. The van der Waals surface area contributed by atoms with Gasteiger partial charge in [-0.15, -0.1) is 0 Å². The summed E-state index contributed by atoms with van der Waals surface area (Å²) in [6.45, 7) is 2.10. The second-order valence-corrected chi connectivity index (χ2v) is 7.39. The number of rotatable bonds is 5. The number of aromatic nitrogens is 2. The Labute approximate surface area is 174 Å². The molecular formula is C22H21ClN4O2. The lowest BCUT2D eigenvalue weighted by Gasteiger charge is -2.20. The van der Waals surface area contributed by atoms with E-state index in [2.05, 4.69) is 10.4 Å². The molecule has 0 bridgehead atoms. The standard InChI is InChI=1S/C22H21ClN4O2/c23-18-10-5-4-9-17(18)14-24-21(28)19-13-20-22(29)26(11-6-12-27(20)25-19)15-16-7-2-1-3-8-16/h1-5,7-10,13H,6,11-12,14-15H2,(H,24,28). The number of hydrogen-bond donors (Lipinski definition) is 1. The van der Waals surface area contributed by atoms with Gasteiger partial charge in [-0.25, -0.2) is 0 Å². The lowest BCUT2D eigenvalue weighted by molar-refractivity contribution is 0.0745. The van der Waals surface area contributed by atoms with E-state index in [1.807, 2.05) is 48.5 Å². The molecule has 0 fully saturated rings. The maximum absolute atomic E-state index is 13.0. The molecule has 29 heavy (non-hydrogen) atoms. The molecular weight excluding hydrogens is 388 g/mol. The Morgan fingerprint density at radius 1 is 1.07 bits per heavy atom. The Bertz CT molecular complexity index is 1030. The number of nitrogens with one attached hydrogen (secondary N) is 1. The molecule has 1 N–H and O–H groups in total. The Hall–Kier alpha value is -3.12. The minimum Gasteiger partial charge on any atom is -0.347 e. The monoisotopic (exact) mass is 408 g/mol. The van der Waals surface area contributed by atoms with E-state index in [0.717, 1.165) is 17.5 Å². The average molecular weight is 409 g/mol. The quantitative estimate of drug-likeness (QED) is 0.702. The maximum atomic E-state index is 13.0. The highest BCUT2D eigenvalue weighted by atomic mass is 35.5. The number of nitrogens with zero attached hydrogens (tertiary/aromatic N) is 3. The number of aryl methyl sites for hydroxylation is 1. The van der Waals surface area contributed by atoms with E-state index in [-0.39, 0.29) is 17.5 Å². The van der Waals surface area contributed by atoms with Crippen molar-refractivity contribution in [1.29, 1.82) is 0 Å². The highest BCUT2D eigenvalue weighted by Gasteiger charge is 2.26. The van der Waals surface area contributed by atoms with Crippen LogP contribution in [0.5, 0.6) is 0 Å². The van der Waals surface area contributed by atoms with E-state index < -0.39 is 0 Å². The number of hydrogen-bond acceptors (Lipinski definition) is 3. The first-order chi connectivity index (χ1) is 14.1. The second kappa shape index (κ2) is 8.49. The molecule has 1 aromatic heterocycles. The lowest BCUT2D eigenvalue weighted by Crippen LogP contribution is -2.30. The third kappa shape index (κ3) is 4.32. The van der Waals surface area contributed by atoms with Gasteiger partial charge in [0, 0.05) is 37.3 Å². The molecule has 3 aromatic rings.